The van der Waals surface area contributed by atoms with E-state index in [0.29, 0.717) is 10.0 Å². The van der Waals surface area contributed by atoms with E-state index < -0.39 is 38.9 Å². The van der Waals surface area contributed by atoms with Gasteiger partial charge >= 0.3 is 0 Å². The molecule has 2 aromatic rings. The van der Waals surface area contributed by atoms with Gasteiger partial charge in [-0.2, -0.15) is 5.26 Å². The van der Waals surface area contributed by atoms with Crippen molar-refractivity contribution in [1.29, 1.82) is 5.26 Å². The first kappa shape index (κ1) is 26.9. The zero-order valence-electron chi connectivity index (χ0n) is 20.5. The lowest BCUT2D eigenvalue weighted by atomic mass is 9.89. The molecule has 0 spiro atoms. The lowest BCUT2D eigenvalue weighted by molar-refractivity contribution is -0.178. The standard InChI is InChI=1S/C27H30Cl2N2O4S/c1-27(2,3)36(33,34)16-22(17-7-8-17)31-24(18-9-11-20(28)12-10-18)25(19-5-4-6-21(29)15-19)35-23(13-14-30)26(31)32/h4-6,9-12,15,17,22-25H,7-8,13,16H2,1-3H3/t22-,23-,24-,25-/m1/s1. The van der Waals surface area contributed by atoms with Crippen molar-refractivity contribution in [1.82, 2.24) is 4.90 Å². The SMILES string of the molecule is CC(C)(C)S(=O)(=O)C[C@H](C1CC1)N1C(=O)[C@@H](CC#N)O[C@H](c2cccc(Cl)c2)[C@H]1c1ccc(Cl)cc1. The Balaban J connectivity index is 1.89. The van der Waals surface area contributed by atoms with Gasteiger partial charge in [-0.1, -0.05) is 47.5 Å². The predicted molar refractivity (Wildman–Crippen MR) is 140 cm³/mol. The van der Waals surface area contributed by atoms with Crippen molar-refractivity contribution in [3.05, 3.63) is 69.7 Å². The number of ether oxygens (including phenoxy) is 1. The fourth-order valence-electron chi connectivity index (χ4n) is 4.69. The Morgan fingerprint density at radius 1 is 1.08 bits per heavy atom. The number of hydrogen-bond acceptors (Lipinski definition) is 5. The maximum Gasteiger partial charge on any atom is 0.253 e. The zero-order valence-corrected chi connectivity index (χ0v) is 22.9. The number of halogens is 2. The fourth-order valence-corrected chi connectivity index (χ4v) is 6.39. The van der Waals surface area contributed by atoms with E-state index in [0.717, 1.165) is 24.0 Å². The molecule has 2 aliphatic rings. The lowest BCUT2D eigenvalue weighted by Crippen LogP contribution is -2.57. The zero-order chi connectivity index (χ0) is 26.3. The number of sulfone groups is 1. The molecule has 1 aliphatic heterocycles. The normalized spacial score (nSPS) is 23.8. The molecule has 2 aromatic carbocycles. The topological polar surface area (TPSA) is 87.5 Å². The molecule has 0 unspecified atom stereocenters. The predicted octanol–water partition coefficient (Wildman–Crippen LogP) is 5.91. The van der Waals surface area contributed by atoms with Crippen molar-refractivity contribution >= 4 is 38.9 Å². The van der Waals surface area contributed by atoms with Crippen molar-refractivity contribution in [2.24, 2.45) is 5.92 Å². The largest absolute Gasteiger partial charge is 0.357 e. The van der Waals surface area contributed by atoms with Crippen LogP contribution in [0.3, 0.4) is 0 Å². The van der Waals surface area contributed by atoms with Crippen LogP contribution in [0.2, 0.25) is 10.0 Å². The van der Waals surface area contributed by atoms with Crippen LogP contribution in [0, 0.1) is 17.2 Å². The Morgan fingerprint density at radius 2 is 1.75 bits per heavy atom. The van der Waals surface area contributed by atoms with Gasteiger partial charge in [0.25, 0.3) is 5.91 Å². The number of nitriles is 1. The van der Waals surface area contributed by atoms with E-state index in [1.807, 2.05) is 24.3 Å². The minimum atomic E-state index is -3.55. The van der Waals surface area contributed by atoms with E-state index in [-0.39, 0.29) is 24.0 Å². The summed E-state index contributed by atoms with van der Waals surface area (Å²) in [6, 6.07) is 15.3. The molecule has 0 bridgehead atoms. The second kappa shape index (κ2) is 10.3. The average molecular weight is 550 g/mol. The van der Waals surface area contributed by atoms with Crippen molar-refractivity contribution < 1.29 is 17.9 Å². The van der Waals surface area contributed by atoms with Gasteiger partial charge in [-0.25, -0.2) is 8.42 Å². The number of hydrogen-bond donors (Lipinski definition) is 0. The van der Waals surface area contributed by atoms with Gasteiger partial charge in [0.05, 0.1) is 29.0 Å². The van der Waals surface area contributed by atoms with Gasteiger partial charge in [0.2, 0.25) is 0 Å². The molecule has 36 heavy (non-hydrogen) atoms. The summed E-state index contributed by atoms with van der Waals surface area (Å²) in [5, 5.41) is 10.5. The third kappa shape index (κ3) is 5.57. The average Bonchev–Trinajstić information content (AvgIpc) is 3.64. The molecule has 0 radical (unpaired) electrons. The van der Waals surface area contributed by atoms with Crippen molar-refractivity contribution in [2.45, 2.75) is 69.1 Å². The number of carbonyl (C=O) groups is 1. The molecule has 1 amide bonds. The summed E-state index contributed by atoms with van der Waals surface area (Å²) < 4.78 is 32.1. The Morgan fingerprint density at radius 3 is 2.31 bits per heavy atom. The lowest BCUT2D eigenvalue weighted by Gasteiger charge is -2.48. The maximum atomic E-state index is 13.9. The summed E-state index contributed by atoms with van der Waals surface area (Å²) in [5.74, 6) is -0.462. The molecule has 1 saturated carbocycles. The van der Waals surface area contributed by atoms with Gasteiger partial charge in [0.1, 0.15) is 12.2 Å². The summed E-state index contributed by atoms with van der Waals surface area (Å²) in [4.78, 5) is 15.6. The Labute approximate surface area is 223 Å². The van der Waals surface area contributed by atoms with Crippen LogP contribution in [-0.4, -0.2) is 41.9 Å². The first-order valence-electron chi connectivity index (χ1n) is 12.0. The highest BCUT2D eigenvalue weighted by Crippen LogP contribution is 2.48. The van der Waals surface area contributed by atoms with E-state index in [9.17, 15) is 18.5 Å². The van der Waals surface area contributed by atoms with Crippen LogP contribution in [0.4, 0.5) is 0 Å². The molecule has 0 N–H and O–H groups in total. The van der Waals surface area contributed by atoms with Crippen LogP contribution in [0.1, 0.15) is 63.3 Å². The molecular weight excluding hydrogens is 519 g/mol. The van der Waals surface area contributed by atoms with Gasteiger partial charge in [-0.3, -0.25) is 4.79 Å². The fraction of sp³-hybridized carbons (Fsp3) is 0.481. The third-order valence-electron chi connectivity index (χ3n) is 6.94. The second-order valence-electron chi connectivity index (χ2n) is 10.5. The van der Waals surface area contributed by atoms with Gasteiger partial charge in [0, 0.05) is 16.1 Å². The van der Waals surface area contributed by atoms with Gasteiger partial charge < -0.3 is 9.64 Å². The van der Waals surface area contributed by atoms with Crippen LogP contribution in [-0.2, 0) is 19.4 Å². The van der Waals surface area contributed by atoms with Crippen molar-refractivity contribution in [3.8, 4) is 6.07 Å². The second-order valence-corrected chi connectivity index (χ2v) is 14.2. The van der Waals surface area contributed by atoms with Crippen LogP contribution in [0.5, 0.6) is 0 Å². The van der Waals surface area contributed by atoms with E-state index in [1.54, 1.807) is 49.9 Å². The number of nitrogens with zero attached hydrogens (tertiary/aromatic N) is 2. The first-order valence-corrected chi connectivity index (χ1v) is 14.4. The number of morpholine rings is 1. The number of benzene rings is 2. The maximum absolute atomic E-state index is 13.9. The molecule has 192 valence electrons. The number of amides is 1. The minimum Gasteiger partial charge on any atom is -0.357 e. The molecule has 1 saturated heterocycles. The molecule has 2 fully saturated rings. The Bertz CT molecular complexity index is 1260. The van der Waals surface area contributed by atoms with Crippen molar-refractivity contribution in [3.63, 3.8) is 0 Å². The molecule has 9 heteroatoms. The van der Waals surface area contributed by atoms with Crippen molar-refractivity contribution in [2.75, 3.05) is 5.75 Å². The first-order chi connectivity index (χ1) is 16.9. The highest BCUT2D eigenvalue weighted by molar-refractivity contribution is 7.92. The van der Waals surface area contributed by atoms with Gasteiger partial charge in [-0.05, 0) is 74.9 Å². The van der Waals surface area contributed by atoms with Crippen LogP contribution in [0.15, 0.2) is 48.5 Å². The smallest absolute Gasteiger partial charge is 0.253 e. The molecular formula is C27H30Cl2N2O4S. The van der Waals surface area contributed by atoms with Gasteiger partial charge in [0.15, 0.2) is 9.84 Å². The highest BCUT2D eigenvalue weighted by Gasteiger charge is 2.51. The van der Waals surface area contributed by atoms with Gasteiger partial charge in [-0.15, -0.1) is 0 Å². The summed E-state index contributed by atoms with van der Waals surface area (Å²) in [6.45, 7) is 5.03. The van der Waals surface area contributed by atoms with Crippen LogP contribution < -0.4 is 0 Å². The highest BCUT2D eigenvalue weighted by atomic mass is 35.5. The third-order valence-corrected chi connectivity index (χ3v) is 10.1. The van der Waals surface area contributed by atoms with Crippen LogP contribution in [0.25, 0.3) is 0 Å². The number of rotatable bonds is 7. The number of carbonyl (C=O) groups excluding carboxylic acids is 1. The quantitative estimate of drug-likeness (QED) is 0.429. The van der Waals surface area contributed by atoms with E-state index in [1.165, 1.54) is 0 Å². The molecule has 1 heterocycles. The minimum absolute atomic E-state index is 0.0572. The van der Waals surface area contributed by atoms with E-state index in [4.69, 9.17) is 27.9 Å². The summed E-state index contributed by atoms with van der Waals surface area (Å²) >= 11 is 12.5. The Kier molecular flexibility index (Phi) is 7.73. The molecule has 4 rings (SSSR count). The molecule has 0 aromatic heterocycles. The molecule has 1 aliphatic carbocycles. The monoisotopic (exact) mass is 548 g/mol. The summed E-state index contributed by atoms with van der Waals surface area (Å²) in [7, 11) is -3.55. The molecule has 6 nitrogen and oxygen atoms in total. The van der Waals surface area contributed by atoms with Crippen LogP contribution >= 0.6 is 23.2 Å². The van der Waals surface area contributed by atoms with E-state index in [2.05, 4.69) is 6.07 Å². The van der Waals surface area contributed by atoms with E-state index >= 15 is 0 Å². The Hall–Kier alpha value is -2.11. The summed E-state index contributed by atoms with van der Waals surface area (Å²) in [6.07, 6.45) is -0.121. The molecule has 4 atom stereocenters. The summed E-state index contributed by atoms with van der Waals surface area (Å²) in [5.41, 5.74) is 1.52.